The molecule has 0 aromatic heterocycles. The van der Waals surface area contributed by atoms with E-state index in [9.17, 15) is 19.1 Å². The van der Waals surface area contributed by atoms with Crippen molar-refractivity contribution in [1.82, 2.24) is 4.90 Å². The molecule has 1 heterocycles. The van der Waals surface area contributed by atoms with Gasteiger partial charge in [-0.15, -0.1) is 0 Å². The number of halogens is 1. The summed E-state index contributed by atoms with van der Waals surface area (Å²) in [5.41, 5.74) is 1.03. The van der Waals surface area contributed by atoms with E-state index in [0.717, 1.165) is 16.7 Å². The molecule has 1 aliphatic heterocycles. The minimum Gasteiger partial charge on any atom is -0.504 e. The van der Waals surface area contributed by atoms with Crippen LogP contribution in [0.15, 0.2) is 47.4 Å². The standard InChI is InChI=1S/C18H14FNO4S/c1-24-14-4-2-3-12(16(14)21)9-15-17(22)20(18(23)25-15)10-11-5-7-13(19)8-6-11/h2-9,21H,10H2,1H3. The molecule has 1 N–H and O–H groups in total. The fourth-order valence-electron chi connectivity index (χ4n) is 2.37. The second-order valence-corrected chi connectivity index (χ2v) is 6.29. The van der Waals surface area contributed by atoms with Crippen LogP contribution in [0.4, 0.5) is 9.18 Å². The number of carbonyl (C=O) groups is 2. The molecule has 1 fully saturated rings. The summed E-state index contributed by atoms with van der Waals surface area (Å²) in [6, 6.07) is 10.5. The Bertz CT molecular complexity index is 864. The number of hydrogen-bond acceptors (Lipinski definition) is 5. The van der Waals surface area contributed by atoms with Crippen molar-refractivity contribution in [2.45, 2.75) is 6.54 Å². The zero-order valence-corrected chi connectivity index (χ0v) is 14.0. The molecule has 0 aliphatic carbocycles. The van der Waals surface area contributed by atoms with Crippen molar-refractivity contribution in [2.75, 3.05) is 7.11 Å². The molecule has 7 heteroatoms. The lowest BCUT2D eigenvalue weighted by atomic mass is 10.1. The Morgan fingerprint density at radius 3 is 2.60 bits per heavy atom. The second-order valence-electron chi connectivity index (χ2n) is 5.29. The maximum absolute atomic E-state index is 13.0. The predicted octanol–water partition coefficient (Wildman–Crippen LogP) is 3.78. The van der Waals surface area contributed by atoms with Gasteiger partial charge in [0.05, 0.1) is 18.6 Å². The van der Waals surface area contributed by atoms with E-state index in [1.807, 2.05) is 0 Å². The van der Waals surface area contributed by atoms with Gasteiger partial charge in [-0.3, -0.25) is 14.5 Å². The van der Waals surface area contributed by atoms with Gasteiger partial charge in [0.2, 0.25) is 0 Å². The van der Waals surface area contributed by atoms with E-state index < -0.39 is 11.1 Å². The van der Waals surface area contributed by atoms with Crippen molar-refractivity contribution >= 4 is 29.0 Å². The number of methoxy groups -OCH3 is 1. The fourth-order valence-corrected chi connectivity index (χ4v) is 3.20. The lowest BCUT2D eigenvalue weighted by Gasteiger charge is -2.12. The number of thioether (sulfide) groups is 1. The number of ether oxygens (including phenoxy) is 1. The summed E-state index contributed by atoms with van der Waals surface area (Å²) in [7, 11) is 1.43. The Kier molecular flexibility index (Phi) is 4.76. The molecular weight excluding hydrogens is 345 g/mol. The van der Waals surface area contributed by atoms with E-state index in [-0.39, 0.29) is 28.8 Å². The first-order valence-corrected chi connectivity index (χ1v) is 8.17. The number of nitrogens with zero attached hydrogens (tertiary/aromatic N) is 1. The number of benzene rings is 2. The number of rotatable bonds is 4. The van der Waals surface area contributed by atoms with Crippen LogP contribution in [0.25, 0.3) is 6.08 Å². The molecule has 2 amide bonds. The normalized spacial score (nSPS) is 15.9. The van der Waals surface area contributed by atoms with E-state index in [1.54, 1.807) is 18.2 Å². The molecule has 3 rings (SSSR count). The van der Waals surface area contributed by atoms with Crippen LogP contribution in [0.1, 0.15) is 11.1 Å². The average molecular weight is 359 g/mol. The highest BCUT2D eigenvalue weighted by atomic mass is 32.2. The zero-order chi connectivity index (χ0) is 18.0. The van der Waals surface area contributed by atoms with Crippen molar-refractivity contribution < 1.29 is 23.8 Å². The molecule has 5 nitrogen and oxygen atoms in total. The molecule has 0 saturated carbocycles. The van der Waals surface area contributed by atoms with E-state index in [1.165, 1.54) is 37.5 Å². The third kappa shape index (κ3) is 3.51. The van der Waals surface area contributed by atoms with Crippen LogP contribution in [-0.2, 0) is 11.3 Å². The van der Waals surface area contributed by atoms with Crippen LogP contribution in [-0.4, -0.2) is 28.3 Å². The fraction of sp³-hybridized carbons (Fsp3) is 0.111. The Morgan fingerprint density at radius 1 is 1.20 bits per heavy atom. The Hall–Kier alpha value is -2.80. The van der Waals surface area contributed by atoms with Crippen LogP contribution < -0.4 is 4.74 Å². The van der Waals surface area contributed by atoms with Gasteiger partial charge in [0, 0.05) is 5.56 Å². The van der Waals surface area contributed by atoms with E-state index in [2.05, 4.69) is 0 Å². The van der Waals surface area contributed by atoms with Crippen LogP contribution in [0.5, 0.6) is 11.5 Å². The number of para-hydroxylation sites is 1. The van der Waals surface area contributed by atoms with Crippen molar-refractivity contribution in [3.8, 4) is 11.5 Å². The smallest absolute Gasteiger partial charge is 0.293 e. The van der Waals surface area contributed by atoms with Gasteiger partial charge >= 0.3 is 0 Å². The van der Waals surface area contributed by atoms with Crippen LogP contribution in [0.2, 0.25) is 0 Å². The van der Waals surface area contributed by atoms with Crippen LogP contribution in [0, 0.1) is 5.82 Å². The topological polar surface area (TPSA) is 66.8 Å². The summed E-state index contributed by atoms with van der Waals surface area (Å²) in [5, 5.41) is 9.69. The highest BCUT2D eigenvalue weighted by Gasteiger charge is 2.35. The van der Waals surface area contributed by atoms with Gasteiger partial charge in [-0.2, -0.15) is 0 Å². The summed E-state index contributed by atoms with van der Waals surface area (Å²) in [6.45, 7) is 0.0619. The molecule has 0 bridgehead atoms. The predicted molar refractivity (Wildman–Crippen MR) is 92.6 cm³/mol. The molecule has 0 unspecified atom stereocenters. The molecule has 2 aromatic rings. The summed E-state index contributed by atoms with van der Waals surface area (Å²) in [6.07, 6.45) is 1.45. The maximum atomic E-state index is 13.0. The number of imide groups is 1. The van der Waals surface area contributed by atoms with E-state index >= 15 is 0 Å². The third-order valence-corrected chi connectivity index (χ3v) is 4.57. The monoisotopic (exact) mass is 359 g/mol. The van der Waals surface area contributed by atoms with Gasteiger partial charge in [0.15, 0.2) is 11.5 Å². The first-order chi connectivity index (χ1) is 12.0. The second kappa shape index (κ2) is 6.98. The lowest BCUT2D eigenvalue weighted by molar-refractivity contribution is -0.123. The molecule has 25 heavy (non-hydrogen) atoms. The lowest BCUT2D eigenvalue weighted by Crippen LogP contribution is -2.27. The zero-order valence-electron chi connectivity index (χ0n) is 13.2. The van der Waals surface area contributed by atoms with Gasteiger partial charge in [0.25, 0.3) is 11.1 Å². The van der Waals surface area contributed by atoms with E-state index in [4.69, 9.17) is 4.74 Å². The number of hydrogen-bond donors (Lipinski definition) is 1. The van der Waals surface area contributed by atoms with Gasteiger partial charge in [-0.1, -0.05) is 24.3 Å². The van der Waals surface area contributed by atoms with Crippen molar-refractivity contribution in [3.05, 3.63) is 64.3 Å². The number of carbonyl (C=O) groups excluding carboxylic acids is 2. The average Bonchev–Trinajstić information content (AvgIpc) is 2.86. The first kappa shape index (κ1) is 17.0. The summed E-state index contributed by atoms with van der Waals surface area (Å²) < 4.78 is 18.0. The number of amides is 2. The summed E-state index contributed by atoms with van der Waals surface area (Å²) in [4.78, 5) is 25.9. The third-order valence-electron chi connectivity index (χ3n) is 3.66. The van der Waals surface area contributed by atoms with Gasteiger partial charge in [-0.05, 0) is 41.6 Å². The highest BCUT2D eigenvalue weighted by molar-refractivity contribution is 8.18. The van der Waals surface area contributed by atoms with Gasteiger partial charge in [-0.25, -0.2) is 4.39 Å². The summed E-state index contributed by atoms with van der Waals surface area (Å²) >= 11 is 0.794. The van der Waals surface area contributed by atoms with Crippen molar-refractivity contribution in [2.24, 2.45) is 0 Å². The highest BCUT2D eigenvalue weighted by Crippen LogP contribution is 2.37. The number of phenols is 1. The molecule has 1 saturated heterocycles. The minimum absolute atomic E-state index is 0.0619. The van der Waals surface area contributed by atoms with Gasteiger partial charge in [0.1, 0.15) is 5.82 Å². The molecule has 0 spiro atoms. The SMILES string of the molecule is COc1cccc(C=C2SC(=O)N(Cc3ccc(F)cc3)C2=O)c1O. The van der Waals surface area contributed by atoms with Crippen molar-refractivity contribution in [1.29, 1.82) is 0 Å². The molecule has 0 radical (unpaired) electrons. The largest absolute Gasteiger partial charge is 0.504 e. The number of aromatic hydroxyl groups is 1. The molecular formula is C18H14FNO4S. The Balaban J connectivity index is 1.84. The maximum Gasteiger partial charge on any atom is 0.293 e. The first-order valence-electron chi connectivity index (χ1n) is 7.35. The Morgan fingerprint density at radius 2 is 1.92 bits per heavy atom. The summed E-state index contributed by atoms with van der Waals surface area (Å²) in [5.74, 6) is -0.664. The minimum atomic E-state index is -0.457. The van der Waals surface area contributed by atoms with Crippen LogP contribution in [0.3, 0.4) is 0 Å². The number of phenolic OH excluding ortho intramolecular Hbond substituents is 1. The quantitative estimate of drug-likeness (QED) is 0.842. The van der Waals surface area contributed by atoms with Crippen LogP contribution >= 0.6 is 11.8 Å². The van der Waals surface area contributed by atoms with Crippen molar-refractivity contribution in [3.63, 3.8) is 0 Å². The molecule has 2 aromatic carbocycles. The van der Waals surface area contributed by atoms with Gasteiger partial charge < -0.3 is 9.84 Å². The molecule has 128 valence electrons. The Labute approximate surface area is 147 Å². The molecule has 0 atom stereocenters. The van der Waals surface area contributed by atoms with E-state index in [0.29, 0.717) is 11.1 Å². The molecule has 1 aliphatic rings.